The molecule has 0 radical (unpaired) electrons. The summed E-state index contributed by atoms with van der Waals surface area (Å²) < 4.78 is 5.40. The molecule has 0 aromatic heterocycles. The van der Waals surface area contributed by atoms with E-state index in [2.05, 4.69) is 20.8 Å². The summed E-state index contributed by atoms with van der Waals surface area (Å²) in [7, 11) is 0. The van der Waals surface area contributed by atoms with Gasteiger partial charge in [0.25, 0.3) is 0 Å². The van der Waals surface area contributed by atoms with Gasteiger partial charge in [-0.05, 0) is 62.0 Å². The van der Waals surface area contributed by atoms with Gasteiger partial charge >= 0.3 is 5.97 Å². The van der Waals surface area contributed by atoms with E-state index in [-0.39, 0.29) is 35.4 Å². The second kappa shape index (κ2) is 15.2. The lowest BCUT2D eigenvalue weighted by Gasteiger charge is -2.60. The summed E-state index contributed by atoms with van der Waals surface area (Å²) in [4.78, 5) is 38.2. The largest absolute Gasteiger partial charge is 0.458 e. The Morgan fingerprint density at radius 1 is 0.955 bits per heavy atom. The molecule has 0 bridgehead atoms. The third-order valence-corrected chi connectivity index (χ3v) is 12.3. The number of carbonyl (C=O) groups excluding carboxylic acids is 3. The van der Waals surface area contributed by atoms with E-state index in [0.29, 0.717) is 25.7 Å². The van der Waals surface area contributed by atoms with Gasteiger partial charge in [-0.25, -0.2) is 0 Å². The molecule has 3 saturated carbocycles. The molecule has 0 aromatic rings. The van der Waals surface area contributed by atoms with E-state index >= 15 is 0 Å². The van der Waals surface area contributed by atoms with Crippen LogP contribution in [0, 0.1) is 34.5 Å². The van der Waals surface area contributed by atoms with Crippen LogP contribution in [0.5, 0.6) is 0 Å². The number of ether oxygens (including phenoxy) is 1. The van der Waals surface area contributed by atoms with Gasteiger partial charge in [-0.1, -0.05) is 116 Å². The van der Waals surface area contributed by atoms with Crippen molar-refractivity contribution < 1.29 is 29.3 Å². The number of esters is 1. The van der Waals surface area contributed by atoms with E-state index < -0.39 is 34.9 Å². The zero-order valence-electron chi connectivity index (χ0n) is 28.1. The SMILES string of the molecule is CCCCCCCCCCCCCCCC(=O)OCC(=O)[C@@]1(O)CCC2C3C[C@H](C)C4=CC(=O)C=C[C@]4(C)C3[C@@H](O)C[C@@]21C. The topological polar surface area (TPSA) is 101 Å². The van der Waals surface area contributed by atoms with E-state index in [0.717, 1.165) is 31.3 Å². The lowest BCUT2D eigenvalue weighted by atomic mass is 9.45. The molecular formula is C38H60O6. The molecule has 3 fully saturated rings. The molecule has 0 amide bonds. The average molecular weight is 613 g/mol. The van der Waals surface area contributed by atoms with Crippen LogP contribution < -0.4 is 0 Å². The number of carbonyl (C=O) groups is 3. The number of hydrogen-bond acceptors (Lipinski definition) is 6. The molecule has 8 atom stereocenters. The maximum Gasteiger partial charge on any atom is 0.306 e. The fraction of sp³-hybridized carbons (Fsp3) is 0.816. The van der Waals surface area contributed by atoms with Crippen molar-refractivity contribution in [2.45, 2.75) is 155 Å². The second-order valence-corrected chi connectivity index (χ2v) is 15.2. The van der Waals surface area contributed by atoms with Crippen molar-refractivity contribution in [3.05, 3.63) is 23.8 Å². The van der Waals surface area contributed by atoms with Crippen LogP contribution in [-0.2, 0) is 19.1 Å². The highest BCUT2D eigenvalue weighted by atomic mass is 16.5. The number of hydrogen-bond donors (Lipinski definition) is 2. The number of aliphatic hydroxyl groups excluding tert-OH is 1. The molecule has 3 unspecified atom stereocenters. The monoisotopic (exact) mass is 612 g/mol. The van der Waals surface area contributed by atoms with Crippen molar-refractivity contribution in [1.29, 1.82) is 0 Å². The molecule has 44 heavy (non-hydrogen) atoms. The number of ketones is 2. The van der Waals surface area contributed by atoms with Gasteiger partial charge in [0.1, 0.15) is 5.60 Å². The molecule has 248 valence electrons. The number of Topliss-reactive ketones (excluding diaryl/α,β-unsaturated/α-hetero) is 1. The van der Waals surface area contributed by atoms with Gasteiger partial charge in [-0.3, -0.25) is 14.4 Å². The Bertz CT molecular complexity index is 1080. The minimum Gasteiger partial charge on any atom is -0.458 e. The van der Waals surface area contributed by atoms with Crippen LogP contribution in [-0.4, -0.2) is 46.1 Å². The highest BCUT2D eigenvalue weighted by molar-refractivity contribution is 6.01. The molecule has 0 aromatic carbocycles. The first-order valence-corrected chi connectivity index (χ1v) is 18.0. The quantitative estimate of drug-likeness (QED) is 0.128. The lowest BCUT2D eigenvalue weighted by Crippen LogP contribution is -2.62. The molecule has 0 saturated heterocycles. The Kier molecular flexibility index (Phi) is 12.1. The van der Waals surface area contributed by atoms with Gasteiger partial charge in [0.15, 0.2) is 12.4 Å². The van der Waals surface area contributed by atoms with E-state index in [9.17, 15) is 24.6 Å². The molecular weight excluding hydrogens is 552 g/mol. The number of aliphatic hydroxyl groups is 2. The Labute approximate surface area is 266 Å². The van der Waals surface area contributed by atoms with E-state index in [1.54, 1.807) is 12.2 Å². The zero-order chi connectivity index (χ0) is 32.0. The van der Waals surface area contributed by atoms with Gasteiger partial charge in [0, 0.05) is 23.2 Å². The second-order valence-electron chi connectivity index (χ2n) is 15.2. The normalized spacial score (nSPS) is 35.9. The van der Waals surface area contributed by atoms with Gasteiger partial charge < -0.3 is 14.9 Å². The zero-order valence-corrected chi connectivity index (χ0v) is 28.1. The van der Waals surface area contributed by atoms with E-state index in [1.165, 1.54) is 64.2 Å². The van der Waals surface area contributed by atoms with Gasteiger partial charge in [-0.2, -0.15) is 0 Å². The molecule has 0 aliphatic heterocycles. The fourth-order valence-electron chi connectivity index (χ4n) is 9.84. The summed E-state index contributed by atoms with van der Waals surface area (Å²) in [5.41, 5.74) is -1.74. The molecule has 4 rings (SSSR count). The molecule has 0 spiro atoms. The maximum atomic E-state index is 13.5. The summed E-state index contributed by atoms with van der Waals surface area (Å²) in [5.74, 6) is -0.506. The molecule has 6 nitrogen and oxygen atoms in total. The summed E-state index contributed by atoms with van der Waals surface area (Å²) in [6.45, 7) is 8.07. The third kappa shape index (κ3) is 7.27. The van der Waals surface area contributed by atoms with Crippen molar-refractivity contribution in [2.24, 2.45) is 34.5 Å². The van der Waals surface area contributed by atoms with Crippen molar-refractivity contribution in [2.75, 3.05) is 6.61 Å². The Balaban J connectivity index is 1.20. The third-order valence-electron chi connectivity index (χ3n) is 12.3. The number of rotatable bonds is 17. The van der Waals surface area contributed by atoms with Crippen LogP contribution in [0.15, 0.2) is 23.8 Å². The van der Waals surface area contributed by atoms with E-state index in [4.69, 9.17) is 4.74 Å². The fourth-order valence-corrected chi connectivity index (χ4v) is 9.84. The number of fused-ring (bicyclic) bond motifs is 5. The van der Waals surface area contributed by atoms with E-state index in [1.807, 2.05) is 13.0 Å². The lowest BCUT2D eigenvalue weighted by molar-refractivity contribution is -0.182. The highest BCUT2D eigenvalue weighted by Gasteiger charge is 2.68. The average Bonchev–Trinajstić information content (AvgIpc) is 3.25. The van der Waals surface area contributed by atoms with Crippen LogP contribution in [0.3, 0.4) is 0 Å². The maximum absolute atomic E-state index is 13.5. The van der Waals surface area contributed by atoms with Gasteiger partial charge in [-0.15, -0.1) is 0 Å². The Morgan fingerprint density at radius 3 is 2.16 bits per heavy atom. The minimum atomic E-state index is -1.63. The van der Waals surface area contributed by atoms with Crippen LogP contribution >= 0.6 is 0 Å². The first kappa shape index (κ1) is 35.1. The summed E-state index contributed by atoms with van der Waals surface area (Å²) in [6, 6.07) is 0. The predicted molar refractivity (Wildman–Crippen MR) is 174 cm³/mol. The number of allylic oxidation sites excluding steroid dienone is 4. The van der Waals surface area contributed by atoms with Crippen molar-refractivity contribution in [1.82, 2.24) is 0 Å². The first-order chi connectivity index (χ1) is 21.0. The van der Waals surface area contributed by atoms with Crippen LogP contribution in [0.2, 0.25) is 0 Å². The Morgan fingerprint density at radius 2 is 1.55 bits per heavy atom. The van der Waals surface area contributed by atoms with Crippen LogP contribution in [0.4, 0.5) is 0 Å². The number of unbranched alkanes of at least 4 members (excludes halogenated alkanes) is 12. The summed E-state index contributed by atoms with van der Waals surface area (Å²) >= 11 is 0. The van der Waals surface area contributed by atoms with Crippen LogP contribution in [0.25, 0.3) is 0 Å². The molecule has 6 heteroatoms. The van der Waals surface area contributed by atoms with Crippen molar-refractivity contribution in [3.8, 4) is 0 Å². The Hall–Kier alpha value is -1.79. The predicted octanol–water partition coefficient (Wildman–Crippen LogP) is 7.84. The van der Waals surface area contributed by atoms with Crippen LogP contribution in [0.1, 0.15) is 143 Å². The van der Waals surface area contributed by atoms with Crippen molar-refractivity contribution >= 4 is 17.5 Å². The summed E-state index contributed by atoms with van der Waals surface area (Å²) in [5, 5.41) is 23.5. The minimum absolute atomic E-state index is 0.00221. The smallest absolute Gasteiger partial charge is 0.306 e. The summed E-state index contributed by atoms with van der Waals surface area (Å²) in [6.07, 6.45) is 23.2. The van der Waals surface area contributed by atoms with Crippen molar-refractivity contribution in [3.63, 3.8) is 0 Å². The molecule has 4 aliphatic rings. The van der Waals surface area contributed by atoms with Gasteiger partial charge in [0.05, 0.1) is 6.10 Å². The van der Waals surface area contributed by atoms with Gasteiger partial charge in [0.2, 0.25) is 5.78 Å². The molecule has 0 heterocycles. The highest BCUT2D eigenvalue weighted by Crippen LogP contribution is 2.67. The molecule has 2 N–H and O–H groups in total. The standard InChI is InChI=1S/C38H60O6/c1-5-6-7-8-9-10-11-12-13-14-15-16-17-18-34(42)44-26-33(41)38(43)22-20-30-29-23-27(2)31-24-28(39)19-21-36(31,3)35(29)32(40)25-37(30,38)4/h19,21,24,27,29-30,32,35,40,43H,5-18,20,22-23,25-26H2,1-4H3/t27-,29?,30?,32-,35?,36-,37-,38-/m0/s1. The first-order valence-electron chi connectivity index (χ1n) is 18.0. The molecule has 4 aliphatic carbocycles.